The molecule has 1 aromatic heterocycles. The van der Waals surface area contributed by atoms with Gasteiger partial charge in [0.25, 0.3) is 0 Å². The maximum absolute atomic E-state index is 12.3. The summed E-state index contributed by atoms with van der Waals surface area (Å²) < 4.78 is 27.3. The van der Waals surface area contributed by atoms with Gasteiger partial charge in [-0.05, 0) is 36.6 Å². The van der Waals surface area contributed by atoms with Crippen LogP contribution in [0, 0.1) is 13.8 Å². The Labute approximate surface area is 118 Å². The standard InChI is InChI=1S/C13H18N4O2S/c1-9-3-10(2)13(4-12(9)5-14)20(18,19)17-8-11-6-15-16-7-11/h3-4,6-7,17H,5,8,14H2,1-2H3,(H,15,16). The molecule has 0 aliphatic heterocycles. The van der Waals surface area contributed by atoms with E-state index in [1.807, 2.05) is 13.0 Å². The molecular formula is C13H18N4O2S. The molecule has 20 heavy (non-hydrogen) atoms. The Morgan fingerprint density at radius 2 is 2.05 bits per heavy atom. The van der Waals surface area contributed by atoms with Gasteiger partial charge >= 0.3 is 0 Å². The number of aromatic nitrogens is 2. The highest BCUT2D eigenvalue weighted by molar-refractivity contribution is 7.89. The first kappa shape index (κ1) is 14.7. The number of aromatic amines is 1. The van der Waals surface area contributed by atoms with Crippen LogP contribution in [-0.4, -0.2) is 18.6 Å². The Bertz CT molecular complexity index is 693. The van der Waals surface area contributed by atoms with Crippen molar-refractivity contribution >= 4 is 10.0 Å². The molecule has 4 N–H and O–H groups in total. The van der Waals surface area contributed by atoms with E-state index in [1.165, 1.54) is 0 Å². The molecule has 2 rings (SSSR count). The molecule has 2 aromatic rings. The monoisotopic (exact) mass is 294 g/mol. The van der Waals surface area contributed by atoms with Crippen molar-refractivity contribution in [2.45, 2.75) is 31.8 Å². The number of nitrogens with one attached hydrogen (secondary N) is 2. The second kappa shape index (κ2) is 5.74. The number of rotatable bonds is 5. The lowest BCUT2D eigenvalue weighted by atomic mass is 10.1. The van der Waals surface area contributed by atoms with Gasteiger partial charge in [0.1, 0.15) is 0 Å². The van der Waals surface area contributed by atoms with E-state index in [0.29, 0.717) is 12.1 Å². The first-order valence-corrected chi connectivity index (χ1v) is 7.70. The van der Waals surface area contributed by atoms with E-state index < -0.39 is 10.0 Å². The van der Waals surface area contributed by atoms with E-state index >= 15 is 0 Å². The van der Waals surface area contributed by atoms with Crippen LogP contribution < -0.4 is 10.5 Å². The number of benzene rings is 1. The lowest BCUT2D eigenvalue weighted by Gasteiger charge is -2.12. The van der Waals surface area contributed by atoms with E-state index in [4.69, 9.17) is 5.73 Å². The number of hydrogen-bond donors (Lipinski definition) is 3. The van der Waals surface area contributed by atoms with Gasteiger partial charge in [-0.15, -0.1) is 0 Å². The molecule has 0 amide bonds. The van der Waals surface area contributed by atoms with Gasteiger partial charge in [0, 0.05) is 24.8 Å². The normalized spacial score (nSPS) is 11.8. The first-order valence-electron chi connectivity index (χ1n) is 6.21. The van der Waals surface area contributed by atoms with Crippen LogP contribution in [0.3, 0.4) is 0 Å². The summed E-state index contributed by atoms with van der Waals surface area (Å²) in [7, 11) is -3.56. The Morgan fingerprint density at radius 1 is 1.30 bits per heavy atom. The molecule has 0 radical (unpaired) electrons. The molecule has 0 bridgehead atoms. The van der Waals surface area contributed by atoms with Gasteiger partial charge in [0.15, 0.2) is 0 Å². The van der Waals surface area contributed by atoms with E-state index in [1.54, 1.807) is 25.4 Å². The number of hydrogen-bond acceptors (Lipinski definition) is 4. The maximum Gasteiger partial charge on any atom is 0.241 e. The maximum atomic E-state index is 12.3. The van der Waals surface area contributed by atoms with Crippen LogP contribution in [0.5, 0.6) is 0 Å². The van der Waals surface area contributed by atoms with Crippen LogP contribution in [0.25, 0.3) is 0 Å². The van der Waals surface area contributed by atoms with Crippen LogP contribution in [-0.2, 0) is 23.1 Å². The zero-order valence-corrected chi connectivity index (χ0v) is 12.3. The topological polar surface area (TPSA) is 101 Å². The van der Waals surface area contributed by atoms with Gasteiger partial charge in [0.2, 0.25) is 10.0 Å². The van der Waals surface area contributed by atoms with Crippen LogP contribution >= 0.6 is 0 Å². The molecule has 1 aromatic carbocycles. The largest absolute Gasteiger partial charge is 0.326 e. The summed E-state index contributed by atoms with van der Waals surface area (Å²) in [6.45, 7) is 4.21. The predicted molar refractivity (Wildman–Crippen MR) is 76.4 cm³/mol. The molecule has 108 valence electrons. The van der Waals surface area contributed by atoms with E-state index in [2.05, 4.69) is 14.9 Å². The van der Waals surface area contributed by atoms with Crippen molar-refractivity contribution < 1.29 is 8.42 Å². The molecule has 7 heteroatoms. The Balaban J connectivity index is 2.29. The smallest absolute Gasteiger partial charge is 0.241 e. The average Bonchev–Trinajstić information content (AvgIpc) is 2.89. The fourth-order valence-corrected chi connectivity index (χ4v) is 3.31. The minimum absolute atomic E-state index is 0.199. The summed E-state index contributed by atoms with van der Waals surface area (Å²) in [5, 5.41) is 6.42. The van der Waals surface area contributed by atoms with E-state index in [0.717, 1.165) is 16.7 Å². The predicted octanol–water partition coefficient (Wildman–Crippen LogP) is 0.964. The van der Waals surface area contributed by atoms with Crippen molar-refractivity contribution in [3.05, 3.63) is 46.8 Å². The average molecular weight is 294 g/mol. The molecule has 6 nitrogen and oxygen atoms in total. The number of nitrogens with zero attached hydrogens (tertiary/aromatic N) is 1. The number of nitrogens with two attached hydrogens (primary N) is 1. The van der Waals surface area contributed by atoms with Crippen LogP contribution in [0.15, 0.2) is 29.4 Å². The minimum atomic E-state index is -3.56. The van der Waals surface area contributed by atoms with Crippen molar-refractivity contribution in [2.24, 2.45) is 5.73 Å². The zero-order chi connectivity index (χ0) is 14.8. The van der Waals surface area contributed by atoms with E-state index in [9.17, 15) is 8.42 Å². The molecule has 0 spiro atoms. The Kier molecular flexibility index (Phi) is 4.22. The summed E-state index contributed by atoms with van der Waals surface area (Å²) in [4.78, 5) is 0.270. The van der Waals surface area contributed by atoms with Gasteiger partial charge in [-0.25, -0.2) is 13.1 Å². The Morgan fingerprint density at radius 3 is 2.65 bits per heavy atom. The second-order valence-electron chi connectivity index (χ2n) is 4.68. The molecular weight excluding hydrogens is 276 g/mol. The molecule has 0 atom stereocenters. The van der Waals surface area contributed by atoms with Crippen molar-refractivity contribution in [1.82, 2.24) is 14.9 Å². The highest BCUT2D eigenvalue weighted by atomic mass is 32.2. The van der Waals surface area contributed by atoms with Crippen molar-refractivity contribution in [2.75, 3.05) is 0 Å². The third-order valence-electron chi connectivity index (χ3n) is 3.16. The highest BCUT2D eigenvalue weighted by Crippen LogP contribution is 2.20. The lowest BCUT2D eigenvalue weighted by Crippen LogP contribution is -2.24. The SMILES string of the molecule is Cc1cc(C)c(S(=O)(=O)NCc2cn[nH]c2)cc1CN. The third kappa shape index (κ3) is 3.06. The highest BCUT2D eigenvalue weighted by Gasteiger charge is 2.18. The fraction of sp³-hybridized carbons (Fsp3) is 0.308. The summed E-state index contributed by atoms with van der Waals surface area (Å²) in [5.41, 5.74) is 8.95. The zero-order valence-electron chi connectivity index (χ0n) is 11.5. The number of H-pyrrole nitrogens is 1. The molecule has 0 aliphatic rings. The summed E-state index contributed by atoms with van der Waals surface area (Å²) in [6.07, 6.45) is 3.23. The lowest BCUT2D eigenvalue weighted by molar-refractivity contribution is 0.580. The summed E-state index contributed by atoms with van der Waals surface area (Å²) >= 11 is 0. The van der Waals surface area contributed by atoms with Gasteiger partial charge in [-0.1, -0.05) is 6.07 Å². The number of sulfonamides is 1. The van der Waals surface area contributed by atoms with Crippen LogP contribution in [0.2, 0.25) is 0 Å². The molecule has 1 heterocycles. The quantitative estimate of drug-likeness (QED) is 0.764. The van der Waals surface area contributed by atoms with Gasteiger partial charge in [0.05, 0.1) is 11.1 Å². The van der Waals surface area contributed by atoms with Crippen molar-refractivity contribution in [3.8, 4) is 0 Å². The molecule has 0 saturated heterocycles. The molecule has 0 aliphatic carbocycles. The van der Waals surface area contributed by atoms with Gasteiger partial charge < -0.3 is 5.73 Å². The summed E-state index contributed by atoms with van der Waals surface area (Å²) in [6, 6.07) is 3.48. The van der Waals surface area contributed by atoms with Gasteiger partial charge in [-0.2, -0.15) is 5.10 Å². The molecule has 0 fully saturated rings. The van der Waals surface area contributed by atoms with Crippen molar-refractivity contribution in [1.29, 1.82) is 0 Å². The third-order valence-corrected chi connectivity index (χ3v) is 4.71. The van der Waals surface area contributed by atoms with Crippen LogP contribution in [0.1, 0.15) is 22.3 Å². The number of aryl methyl sites for hydroxylation is 2. The van der Waals surface area contributed by atoms with E-state index in [-0.39, 0.29) is 11.4 Å². The fourth-order valence-electron chi connectivity index (χ4n) is 2.01. The minimum Gasteiger partial charge on any atom is -0.326 e. The van der Waals surface area contributed by atoms with Gasteiger partial charge in [-0.3, -0.25) is 5.10 Å². The molecule has 0 saturated carbocycles. The van der Waals surface area contributed by atoms with Crippen LogP contribution in [0.4, 0.5) is 0 Å². The molecule has 0 unspecified atom stereocenters. The first-order chi connectivity index (χ1) is 9.44. The summed E-state index contributed by atoms with van der Waals surface area (Å²) in [5.74, 6) is 0. The van der Waals surface area contributed by atoms with Crippen molar-refractivity contribution in [3.63, 3.8) is 0 Å². The Hall–Kier alpha value is -1.70. The second-order valence-corrected chi connectivity index (χ2v) is 6.41.